The van der Waals surface area contributed by atoms with Crippen LogP contribution in [-0.4, -0.2) is 51.7 Å². The molecule has 0 fully saturated rings. The number of hydrogen-bond donors (Lipinski definition) is 3. The molecule has 6 nitrogen and oxygen atoms in total. The van der Waals surface area contributed by atoms with Crippen LogP contribution in [0.5, 0.6) is 5.75 Å². The number of hydrogen-bond acceptors (Lipinski definition) is 5. The predicted octanol–water partition coefficient (Wildman–Crippen LogP) is 1.54. The van der Waals surface area contributed by atoms with E-state index in [-0.39, 0.29) is 12.5 Å². The van der Waals surface area contributed by atoms with Crippen LogP contribution < -0.4 is 5.32 Å². The average molecular weight is 453 g/mol. The number of aromatic hydroxyl groups is 1. The fraction of sp³-hybridized carbons (Fsp3) is 0.333. The summed E-state index contributed by atoms with van der Waals surface area (Å²) < 4.78 is 0.754. The number of carbonyl (C=O) groups excluding carboxylic acids is 1. The number of nitrogens with one attached hydrogen (secondary N) is 1. The molecule has 3 rings (SSSR count). The number of fused-ring (bicyclic) bond motifs is 1. The Balaban J connectivity index is 1.49. The lowest BCUT2D eigenvalue weighted by molar-refractivity contribution is 0.0841. The third kappa shape index (κ3) is 4.90. The van der Waals surface area contributed by atoms with Crippen LogP contribution in [0, 0.1) is 3.70 Å². The Kier molecular flexibility index (Phi) is 5.87. The van der Waals surface area contributed by atoms with E-state index in [1.54, 1.807) is 30.5 Å². The summed E-state index contributed by atoms with van der Waals surface area (Å²) >= 11 is 2.06. The minimum Gasteiger partial charge on any atom is -0.508 e. The maximum atomic E-state index is 12.1. The lowest BCUT2D eigenvalue weighted by atomic mass is 9.99. The van der Waals surface area contributed by atoms with Crippen LogP contribution in [0.4, 0.5) is 0 Å². The summed E-state index contributed by atoms with van der Waals surface area (Å²) in [5.74, 6) is 0.0829. The van der Waals surface area contributed by atoms with E-state index < -0.39 is 6.10 Å². The van der Waals surface area contributed by atoms with E-state index in [9.17, 15) is 15.0 Å². The van der Waals surface area contributed by atoms with Crippen LogP contribution >= 0.6 is 22.6 Å². The Morgan fingerprint density at radius 2 is 2.16 bits per heavy atom. The molecule has 2 heterocycles. The number of carbonyl (C=O) groups is 1. The molecule has 1 aliphatic heterocycles. The number of phenols is 1. The lowest BCUT2D eigenvalue weighted by Crippen LogP contribution is -2.42. The highest BCUT2D eigenvalue weighted by atomic mass is 127. The zero-order valence-corrected chi connectivity index (χ0v) is 15.8. The van der Waals surface area contributed by atoms with Crippen LogP contribution in [0.25, 0.3) is 0 Å². The lowest BCUT2D eigenvalue weighted by Gasteiger charge is -2.30. The first-order valence-electron chi connectivity index (χ1n) is 8.12. The number of aromatic nitrogens is 1. The van der Waals surface area contributed by atoms with Gasteiger partial charge >= 0.3 is 0 Å². The second-order valence-corrected chi connectivity index (χ2v) is 7.27. The van der Waals surface area contributed by atoms with Gasteiger partial charge in [-0.05, 0) is 64.4 Å². The molecule has 0 bridgehead atoms. The molecule has 1 aromatic heterocycles. The number of rotatable bonds is 5. The Morgan fingerprint density at radius 1 is 1.32 bits per heavy atom. The zero-order valence-electron chi connectivity index (χ0n) is 13.7. The first kappa shape index (κ1) is 18.1. The Hall–Kier alpha value is -1.71. The van der Waals surface area contributed by atoms with Gasteiger partial charge in [0.25, 0.3) is 5.91 Å². The summed E-state index contributed by atoms with van der Waals surface area (Å²) in [6.45, 7) is 2.26. The summed E-state index contributed by atoms with van der Waals surface area (Å²) in [4.78, 5) is 18.3. The topological polar surface area (TPSA) is 85.7 Å². The van der Waals surface area contributed by atoms with Crippen molar-refractivity contribution in [3.63, 3.8) is 0 Å². The number of aliphatic hydroxyl groups excluding tert-OH is 1. The first-order chi connectivity index (χ1) is 12.0. The number of benzene rings is 1. The van der Waals surface area contributed by atoms with Gasteiger partial charge in [-0.2, -0.15) is 0 Å². The number of β-amino-alcohol motifs (C(OH)–C–C–N with tert-alkyl or cyclic N) is 1. The molecular formula is C18H20IN3O3. The van der Waals surface area contributed by atoms with Gasteiger partial charge < -0.3 is 15.5 Å². The van der Waals surface area contributed by atoms with E-state index in [0.717, 1.165) is 28.8 Å². The average Bonchev–Trinajstić information content (AvgIpc) is 2.60. The van der Waals surface area contributed by atoms with Crippen LogP contribution in [0.2, 0.25) is 0 Å². The van der Waals surface area contributed by atoms with Crippen LogP contribution in [0.15, 0.2) is 36.5 Å². The van der Waals surface area contributed by atoms with E-state index in [0.29, 0.717) is 17.9 Å². The van der Waals surface area contributed by atoms with Gasteiger partial charge in [0.2, 0.25) is 0 Å². The molecule has 1 atom stereocenters. The smallest absolute Gasteiger partial charge is 0.251 e. The highest BCUT2D eigenvalue weighted by Gasteiger charge is 2.19. The molecular weight excluding hydrogens is 433 g/mol. The van der Waals surface area contributed by atoms with E-state index in [4.69, 9.17) is 0 Å². The van der Waals surface area contributed by atoms with Crippen molar-refractivity contribution in [2.24, 2.45) is 0 Å². The van der Waals surface area contributed by atoms with E-state index in [2.05, 4.69) is 37.8 Å². The molecule has 2 aromatic rings. The SMILES string of the molecule is O=C(NC[C@H](O)CN1CCc2cc(O)ccc2C1)c1ccnc(I)c1. The fourth-order valence-corrected chi connectivity index (χ4v) is 3.47. The molecule has 0 radical (unpaired) electrons. The molecule has 3 N–H and O–H groups in total. The molecule has 1 aromatic carbocycles. The van der Waals surface area contributed by atoms with Gasteiger partial charge in [0.15, 0.2) is 0 Å². The van der Waals surface area contributed by atoms with Gasteiger partial charge in [-0.3, -0.25) is 14.7 Å². The molecule has 0 unspecified atom stereocenters. The van der Waals surface area contributed by atoms with E-state index in [1.807, 2.05) is 6.07 Å². The maximum absolute atomic E-state index is 12.1. The predicted molar refractivity (Wildman–Crippen MR) is 102 cm³/mol. The van der Waals surface area contributed by atoms with Crippen molar-refractivity contribution < 1.29 is 15.0 Å². The summed E-state index contributed by atoms with van der Waals surface area (Å²) in [6, 6.07) is 8.78. The monoisotopic (exact) mass is 453 g/mol. The third-order valence-corrected chi connectivity index (χ3v) is 4.83. The molecule has 0 aliphatic carbocycles. The van der Waals surface area contributed by atoms with Crippen LogP contribution in [-0.2, 0) is 13.0 Å². The number of nitrogens with zero attached hydrogens (tertiary/aromatic N) is 2. The summed E-state index contributed by atoms with van der Waals surface area (Å²) in [7, 11) is 0. The quantitative estimate of drug-likeness (QED) is 0.473. The van der Waals surface area contributed by atoms with Crippen LogP contribution in [0.3, 0.4) is 0 Å². The number of pyridine rings is 1. The molecule has 1 aliphatic rings. The van der Waals surface area contributed by atoms with Gasteiger partial charge in [-0.15, -0.1) is 0 Å². The molecule has 0 spiro atoms. The second kappa shape index (κ2) is 8.11. The van der Waals surface area contributed by atoms with Gasteiger partial charge in [-0.1, -0.05) is 6.07 Å². The van der Waals surface area contributed by atoms with E-state index >= 15 is 0 Å². The minimum absolute atomic E-state index is 0.205. The van der Waals surface area contributed by atoms with Crippen molar-refractivity contribution in [1.29, 1.82) is 0 Å². The molecule has 132 valence electrons. The largest absolute Gasteiger partial charge is 0.508 e. The number of aliphatic hydroxyl groups is 1. The molecule has 0 saturated carbocycles. The first-order valence-corrected chi connectivity index (χ1v) is 9.20. The summed E-state index contributed by atoms with van der Waals surface area (Å²) in [6.07, 6.45) is 1.80. The molecule has 0 saturated heterocycles. The maximum Gasteiger partial charge on any atom is 0.251 e. The van der Waals surface area contributed by atoms with Crippen molar-refractivity contribution in [3.8, 4) is 5.75 Å². The van der Waals surface area contributed by atoms with Gasteiger partial charge in [0.1, 0.15) is 9.45 Å². The van der Waals surface area contributed by atoms with Crippen molar-refractivity contribution in [1.82, 2.24) is 15.2 Å². The van der Waals surface area contributed by atoms with Gasteiger partial charge in [0.05, 0.1) is 6.10 Å². The van der Waals surface area contributed by atoms with Crippen molar-refractivity contribution in [2.75, 3.05) is 19.6 Å². The molecule has 1 amide bonds. The highest BCUT2D eigenvalue weighted by molar-refractivity contribution is 14.1. The van der Waals surface area contributed by atoms with E-state index in [1.165, 1.54) is 5.56 Å². The standard InChI is InChI=1S/C18H20IN3O3/c19-17-8-13(3-5-20-17)18(25)21-9-16(24)11-22-6-4-12-7-15(23)2-1-14(12)10-22/h1-3,5,7-8,16,23-24H,4,6,9-11H2,(H,21,25)/t16-/m0/s1. The minimum atomic E-state index is -0.636. The Morgan fingerprint density at radius 3 is 2.96 bits per heavy atom. The Labute approximate surface area is 160 Å². The van der Waals surface area contributed by atoms with Crippen molar-refractivity contribution in [3.05, 3.63) is 56.9 Å². The highest BCUT2D eigenvalue weighted by Crippen LogP contribution is 2.23. The molecule has 25 heavy (non-hydrogen) atoms. The summed E-state index contributed by atoms with van der Waals surface area (Å²) in [5, 5.41) is 22.5. The van der Waals surface area contributed by atoms with Crippen LogP contribution in [0.1, 0.15) is 21.5 Å². The second-order valence-electron chi connectivity index (χ2n) is 6.17. The molecule has 7 heteroatoms. The zero-order chi connectivity index (χ0) is 17.8. The van der Waals surface area contributed by atoms with Gasteiger partial charge in [-0.25, -0.2) is 0 Å². The Bertz CT molecular complexity index is 769. The van der Waals surface area contributed by atoms with Crippen molar-refractivity contribution in [2.45, 2.75) is 19.1 Å². The fourth-order valence-electron chi connectivity index (χ4n) is 2.97. The third-order valence-electron chi connectivity index (χ3n) is 4.24. The summed E-state index contributed by atoms with van der Waals surface area (Å²) in [5.41, 5.74) is 2.87. The van der Waals surface area contributed by atoms with Crippen molar-refractivity contribution >= 4 is 28.5 Å². The number of phenolic OH excluding ortho intramolecular Hbond substituents is 1. The number of halogens is 1. The van der Waals surface area contributed by atoms with Gasteiger partial charge in [0, 0.05) is 37.9 Å². The normalized spacial score (nSPS) is 15.4. The number of amides is 1.